The standard InChI is InChI=1S/C6H6N4O/c11-10-5-3-7-1-4-2-8-9-6(4)5/h2-3,11H,1H2,(H,8,9)/b10-5+. The SMILES string of the molecule is O/N=C1\C=NCc2cn[nH]c21. The number of hydrogen-bond acceptors (Lipinski definition) is 4. The van der Waals surface area contributed by atoms with Crippen molar-refractivity contribution >= 4 is 11.9 Å². The molecule has 0 saturated heterocycles. The van der Waals surface area contributed by atoms with Crippen LogP contribution in [0.4, 0.5) is 0 Å². The van der Waals surface area contributed by atoms with Gasteiger partial charge in [0.1, 0.15) is 5.71 Å². The first kappa shape index (κ1) is 6.09. The Morgan fingerprint density at radius 3 is 3.36 bits per heavy atom. The fourth-order valence-electron chi connectivity index (χ4n) is 1.02. The van der Waals surface area contributed by atoms with Crippen molar-refractivity contribution in [3.8, 4) is 0 Å². The molecule has 2 N–H and O–H groups in total. The number of nitrogens with one attached hydrogen (secondary N) is 1. The van der Waals surface area contributed by atoms with Gasteiger partial charge in [-0.25, -0.2) is 0 Å². The van der Waals surface area contributed by atoms with Gasteiger partial charge in [0, 0.05) is 5.56 Å². The van der Waals surface area contributed by atoms with Crippen molar-refractivity contribution < 1.29 is 5.21 Å². The Morgan fingerprint density at radius 1 is 1.64 bits per heavy atom. The monoisotopic (exact) mass is 150 g/mol. The molecule has 5 nitrogen and oxygen atoms in total. The molecule has 0 aromatic carbocycles. The first-order chi connectivity index (χ1) is 5.42. The number of oxime groups is 1. The topological polar surface area (TPSA) is 73.6 Å². The Morgan fingerprint density at radius 2 is 2.55 bits per heavy atom. The predicted molar refractivity (Wildman–Crippen MR) is 39.1 cm³/mol. The van der Waals surface area contributed by atoms with Gasteiger partial charge in [0.2, 0.25) is 0 Å². The molecule has 0 aliphatic carbocycles. The molecule has 5 heteroatoms. The van der Waals surface area contributed by atoms with Crippen LogP contribution in [0.25, 0.3) is 0 Å². The van der Waals surface area contributed by atoms with E-state index < -0.39 is 0 Å². The third kappa shape index (κ3) is 0.813. The fourth-order valence-corrected chi connectivity index (χ4v) is 1.02. The molecule has 0 bridgehead atoms. The van der Waals surface area contributed by atoms with Gasteiger partial charge < -0.3 is 5.21 Å². The van der Waals surface area contributed by atoms with E-state index in [9.17, 15) is 0 Å². The summed E-state index contributed by atoms with van der Waals surface area (Å²) in [5.74, 6) is 0. The highest BCUT2D eigenvalue weighted by Gasteiger charge is 2.13. The lowest BCUT2D eigenvalue weighted by Crippen LogP contribution is -2.10. The lowest BCUT2D eigenvalue weighted by atomic mass is 10.1. The summed E-state index contributed by atoms with van der Waals surface area (Å²) in [6.45, 7) is 0.602. The Balaban J connectivity index is 2.55. The van der Waals surface area contributed by atoms with Gasteiger partial charge in [0.05, 0.1) is 24.7 Å². The summed E-state index contributed by atoms with van der Waals surface area (Å²) in [5.41, 5.74) is 2.14. The molecule has 0 atom stereocenters. The van der Waals surface area contributed by atoms with Gasteiger partial charge in [-0.2, -0.15) is 5.10 Å². The minimum absolute atomic E-state index is 0.434. The molecule has 0 radical (unpaired) electrons. The van der Waals surface area contributed by atoms with E-state index in [0.29, 0.717) is 12.3 Å². The van der Waals surface area contributed by atoms with E-state index in [4.69, 9.17) is 5.21 Å². The lowest BCUT2D eigenvalue weighted by molar-refractivity contribution is 0.320. The van der Waals surface area contributed by atoms with Crippen molar-refractivity contribution in [3.63, 3.8) is 0 Å². The molecule has 1 aromatic heterocycles. The number of hydrogen-bond donors (Lipinski definition) is 2. The summed E-state index contributed by atoms with van der Waals surface area (Å²) in [4.78, 5) is 3.97. The van der Waals surface area contributed by atoms with Crippen LogP contribution >= 0.6 is 0 Å². The van der Waals surface area contributed by atoms with Crippen LogP contribution in [-0.2, 0) is 6.54 Å². The van der Waals surface area contributed by atoms with Crippen molar-refractivity contribution in [3.05, 3.63) is 17.5 Å². The maximum absolute atomic E-state index is 8.51. The maximum Gasteiger partial charge on any atom is 0.145 e. The van der Waals surface area contributed by atoms with Crippen molar-refractivity contribution in [1.82, 2.24) is 10.2 Å². The van der Waals surface area contributed by atoms with E-state index in [1.54, 1.807) is 6.20 Å². The van der Waals surface area contributed by atoms with Crippen LogP contribution < -0.4 is 0 Å². The highest BCUT2D eigenvalue weighted by molar-refractivity contribution is 6.38. The molecular weight excluding hydrogens is 144 g/mol. The van der Waals surface area contributed by atoms with Crippen LogP contribution in [0.2, 0.25) is 0 Å². The van der Waals surface area contributed by atoms with Gasteiger partial charge in [-0.15, -0.1) is 0 Å². The van der Waals surface area contributed by atoms with Crippen LogP contribution in [-0.4, -0.2) is 27.3 Å². The summed E-state index contributed by atoms with van der Waals surface area (Å²) in [6.07, 6.45) is 3.19. The number of fused-ring (bicyclic) bond motifs is 1. The second kappa shape index (κ2) is 2.19. The number of aliphatic imine (C=N–C) groups is 1. The van der Waals surface area contributed by atoms with Crippen LogP contribution in [0, 0.1) is 0 Å². The molecule has 0 saturated carbocycles. The summed E-state index contributed by atoms with van der Waals surface area (Å²) >= 11 is 0. The third-order valence-electron chi connectivity index (χ3n) is 1.56. The largest absolute Gasteiger partial charge is 0.410 e. The molecule has 2 rings (SSSR count). The second-order valence-electron chi connectivity index (χ2n) is 2.23. The highest BCUT2D eigenvalue weighted by atomic mass is 16.4. The van der Waals surface area contributed by atoms with Crippen molar-refractivity contribution in [2.24, 2.45) is 10.1 Å². The Hall–Kier alpha value is -1.65. The number of H-pyrrole nitrogens is 1. The molecule has 1 aromatic rings. The van der Waals surface area contributed by atoms with Gasteiger partial charge in [-0.3, -0.25) is 10.1 Å². The van der Waals surface area contributed by atoms with Gasteiger partial charge in [-0.1, -0.05) is 5.16 Å². The van der Waals surface area contributed by atoms with Crippen molar-refractivity contribution in [2.45, 2.75) is 6.54 Å². The average molecular weight is 150 g/mol. The van der Waals surface area contributed by atoms with Crippen LogP contribution in [0.1, 0.15) is 11.3 Å². The lowest BCUT2D eigenvalue weighted by Gasteiger charge is -2.02. The van der Waals surface area contributed by atoms with E-state index in [1.165, 1.54) is 6.21 Å². The summed E-state index contributed by atoms with van der Waals surface area (Å²) in [6, 6.07) is 0. The quantitative estimate of drug-likeness (QED) is 0.408. The minimum Gasteiger partial charge on any atom is -0.410 e. The molecule has 1 aliphatic heterocycles. The molecule has 1 aliphatic rings. The molecule has 0 amide bonds. The summed E-state index contributed by atoms with van der Waals surface area (Å²) in [5, 5.41) is 18.1. The molecular formula is C6H6N4O. The first-order valence-corrected chi connectivity index (χ1v) is 3.16. The Labute approximate surface area is 62.5 Å². The van der Waals surface area contributed by atoms with E-state index >= 15 is 0 Å². The van der Waals surface area contributed by atoms with Gasteiger partial charge in [-0.05, 0) is 0 Å². The first-order valence-electron chi connectivity index (χ1n) is 3.16. The number of rotatable bonds is 0. The van der Waals surface area contributed by atoms with Gasteiger partial charge in [0.15, 0.2) is 0 Å². The van der Waals surface area contributed by atoms with Gasteiger partial charge >= 0.3 is 0 Å². The van der Waals surface area contributed by atoms with Gasteiger partial charge in [0.25, 0.3) is 0 Å². The summed E-state index contributed by atoms with van der Waals surface area (Å²) < 4.78 is 0. The Kier molecular flexibility index (Phi) is 1.21. The molecule has 2 heterocycles. The highest BCUT2D eigenvalue weighted by Crippen LogP contribution is 2.10. The van der Waals surface area contributed by atoms with Crippen molar-refractivity contribution in [1.29, 1.82) is 0 Å². The van der Waals surface area contributed by atoms with Crippen molar-refractivity contribution in [2.75, 3.05) is 0 Å². The maximum atomic E-state index is 8.51. The van der Waals surface area contributed by atoms with E-state index in [-0.39, 0.29) is 0 Å². The number of aromatic amines is 1. The van der Waals surface area contributed by atoms with Crippen LogP contribution in [0.3, 0.4) is 0 Å². The fraction of sp³-hybridized carbons (Fsp3) is 0.167. The zero-order valence-electron chi connectivity index (χ0n) is 5.65. The second-order valence-corrected chi connectivity index (χ2v) is 2.23. The van der Waals surface area contributed by atoms with Crippen LogP contribution in [0.5, 0.6) is 0 Å². The Bertz CT molecular complexity index is 325. The van der Waals surface area contributed by atoms with Crippen LogP contribution in [0.15, 0.2) is 16.3 Å². The third-order valence-corrected chi connectivity index (χ3v) is 1.56. The molecule has 0 spiro atoms. The van der Waals surface area contributed by atoms with E-state index in [2.05, 4.69) is 20.3 Å². The zero-order valence-corrected chi connectivity index (χ0v) is 5.65. The predicted octanol–water partition coefficient (Wildman–Crippen LogP) is 0.172. The van der Waals surface area contributed by atoms with E-state index in [0.717, 1.165) is 11.3 Å². The summed E-state index contributed by atoms with van der Waals surface area (Å²) in [7, 11) is 0. The molecule has 0 unspecified atom stereocenters. The normalized spacial score (nSPS) is 18.7. The molecule has 11 heavy (non-hydrogen) atoms. The van der Waals surface area contributed by atoms with E-state index in [1.807, 2.05) is 0 Å². The molecule has 0 fully saturated rings. The minimum atomic E-state index is 0.434. The number of nitrogens with zero attached hydrogens (tertiary/aromatic N) is 3. The zero-order chi connectivity index (χ0) is 7.68. The molecule has 56 valence electrons. The smallest absolute Gasteiger partial charge is 0.145 e. The number of aromatic nitrogens is 2. The average Bonchev–Trinajstić information content (AvgIpc) is 2.50.